The van der Waals surface area contributed by atoms with Gasteiger partial charge in [0.15, 0.2) is 0 Å². The van der Waals surface area contributed by atoms with Gasteiger partial charge in [0.05, 0.1) is 6.10 Å². The number of nitrogens with zero attached hydrogens (tertiary/aromatic N) is 1. The SMILES string of the molecule is C=C1CCC2[C@@H](CO)C([C@@]3(C)CC[C@H](O)C[C@@H]3/C=C/CN(C)C)CC[C@@]12C. The second-order valence-electron chi connectivity index (χ2n) is 10.4. The third kappa shape index (κ3) is 3.80. The summed E-state index contributed by atoms with van der Waals surface area (Å²) in [5, 5.41) is 20.8. The molecule has 0 aromatic carbocycles. The Labute approximate surface area is 166 Å². The lowest BCUT2D eigenvalue weighted by Gasteiger charge is -2.56. The summed E-state index contributed by atoms with van der Waals surface area (Å²) in [6.45, 7) is 10.5. The molecule has 0 saturated heterocycles. The molecule has 0 aliphatic heterocycles. The Hall–Kier alpha value is -0.640. The Kier molecular flexibility index (Phi) is 6.25. The van der Waals surface area contributed by atoms with Crippen LogP contribution < -0.4 is 0 Å². The summed E-state index contributed by atoms with van der Waals surface area (Å²) in [4.78, 5) is 2.18. The molecule has 27 heavy (non-hydrogen) atoms. The standard InChI is InChI=1S/C24H41NO2/c1-17-8-9-21-20(16-26)22(11-13-23(17,21)2)24(3)12-10-19(27)15-18(24)7-6-14-25(4)5/h6-7,18-22,26-27H,1,8-16H2,2-5H3/b7-6+/t18-,19-,20+,21?,22?,23-,24-/m0/s1. The van der Waals surface area contributed by atoms with Gasteiger partial charge in [-0.3, -0.25) is 0 Å². The Morgan fingerprint density at radius 2 is 1.89 bits per heavy atom. The van der Waals surface area contributed by atoms with Crippen molar-refractivity contribution in [3.63, 3.8) is 0 Å². The molecule has 0 heterocycles. The normalized spacial score (nSPS) is 45.6. The van der Waals surface area contributed by atoms with Crippen LogP contribution in [0.15, 0.2) is 24.3 Å². The first kappa shape index (κ1) is 21.1. The lowest BCUT2D eigenvalue weighted by Crippen LogP contribution is -2.50. The van der Waals surface area contributed by atoms with E-state index in [4.69, 9.17) is 0 Å². The summed E-state index contributed by atoms with van der Waals surface area (Å²) in [5.41, 5.74) is 1.81. The predicted octanol–water partition coefficient (Wildman–Crippen LogP) is 4.26. The molecule has 3 aliphatic rings. The minimum absolute atomic E-state index is 0.167. The number of allylic oxidation sites excluding steroid dienone is 2. The van der Waals surface area contributed by atoms with Gasteiger partial charge < -0.3 is 15.1 Å². The molecule has 2 unspecified atom stereocenters. The van der Waals surface area contributed by atoms with Crippen LogP contribution in [0.2, 0.25) is 0 Å². The summed E-state index contributed by atoms with van der Waals surface area (Å²) in [6.07, 6.45) is 12.0. The highest BCUT2D eigenvalue weighted by molar-refractivity contribution is 5.21. The molecule has 3 saturated carbocycles. The second kappa shape index (κ2) is 8.00. The first-order chi connectivity index (χ1) is 12.7. The second-order valence-corrected chi connectivity index (χ2v) is 10.4. The molecule has 3 aliphatic carbocycles. The zero-order valence-electron chi connectivity index (χ0n) is 18.0. The predicted molar refractivity (Wildman–Crippen MR) is 112 cm³/mol. The molecule has 0 aromatic heterocycles. The fourth-order valence-electron chi connectivity index (χ4n) is 6.81. The number of fused-ring (bicyclic) bond motifs is 1. The Morgan fingerprint density at radius 3 is 2.56 bits per heavy atom. The molecule has 154 valence electrons. The molecule has 0 bridgehead atoms. The van der Waals surface area contributed by atoms with E-state index in [9.17, 15) is 10.2 Å². The Bertz CT molecular complexity index is 571. The van der Waals surface area contributed by atoms with Crippen LogP contribution in [-0.4, -0.2) is 48.5 Å². The first-order valence-electron chi connectivity index (χ1n) is 11.0. The highest BCUT2D eigenvalue weighted by Crippen LogP contribution is 2.63. The highest BCUT2D eigenvalue weighted by atomic mass is 16.3. The van der Waals surface area contributed by atoms with Crippen LogP contribution in [0.1, 0.15) is 58.8 Å². The van der Waals surface area contributed by atoms with Crippen molar-refractivity contribution in [1.29, 1.82) is 0 Å². The van der Waals surface area contributed by atoms with Crippen LogP contribution >= 0.6 is 0 Å². The van der Waals surface area contributed by atoms with Crippen LogP contribution in [-0.2, 0) is 0 Å². The maximum atomic E-state index is 10.4. The van der Waals surface area contributed by atoms with Crippen LogP contribution in [0.4, 0.5) is 0 Å². The van der Waals surface area contributed by atoms with E-state index in [1.54, 1.807) is 0 Å². The van der Waals surface area contributed by atoms with E-state index in [0.717, 1.165) is 32.2 Å². The maximum absolute atomic E-state index is 10.4. The monoisotopic (exact) mass is 375 g/mol. The van der Waals surface area contributed by atoms with E-state index in [-0.39, 0.29) is 16.9 Å². The van der Waals surface area contributed by atoms with Crippen LogP contribution in [0, 0.1) is 34.5 Å². The van der Waals surface area contributed by atoms with E-state index >= 15 is 0 Å². The molecule has 2 N–H and O–H groups in total. The fraction of sp³-hybridized carbons (Fsp3) is 0.833. The van der Waals surface area contributed by atoms with E-state index in [2.05, 4.69) is 51.6 Å². The number of aliphatic hydroxyl groups is 2. The topological polar surface area (TPSA) is 43.7 Å². The van der Waals surface area contributed by atoms with Crippen molar-refractivity contribution in [2.75, 3.05) is 27.2 Å². The van der Waals surface area contributed by atoms with Crippen molar-refractivity contribution in [3.05, 3.63) is 24.3 Å². The molecule has 3 heteroatoms. The van der Waals surface area contributed by atoms with Crippen molar-refractivity contribution in [2.24, 2.45) is 34.5 Å². The lowest BCUT2D eigenvalue weighted by molar-refractivity contribution is -0.0825. The summed E-state index contributed by atoms with van der Waals surface area (Å²) in [6, 6.07) is 0. The smallest absolute Gasteiger partial charge is 0.0546 e. The summed E-state index contributed by atoms with van der Waals surface area (Å²) in [7, 11) is 4.19. The van der Waals surface area contributed by atoms with Gasteiger partial charge in [-0.1, -0.05) is 38.2 Å². The largest absolute Gasteiger partial charge is 0.396 e. The molecule has 0 aromatic rings. The summed E-state index contributed by atoms with van der Waals surface area (Å²) in [5.74, 6) is 1.87. The van der Waals surface area contributed by atoms with Gasteiger partial charge in [0.2, 0.25) is 0 Å². The minimum atomic E-state index is -0.181. The van der Waals surface area contributed by atoms with Crippen molar-refractivity contribution < 1.29 is 10.2 Å². The third-order valence-corrected chi connectivity index (χ3v) is 8.68. The number of rotatable bonds is 5. The molecule has 0 amide bonds. The van der Waals surface area contributed by atoms with Gasteiger partial charge in [-0.05, 0) is 93.5 Å². The molecule has 0 radical (unpaired) electrons. The van der Waals surface area contributed by atoms with Gasteiger partial charge in [-0.2, -0.15) is 0 Å². The van der Waals surface area contributed by atoms with Crippen molar-refractivity contribution in [3.8, 4) is 0 Å². The van der Waals surface area contributed by atoms with Gasteiger partial charge in [-0.25, -0.2) is 0 Å². The third-order valence-electron chi connectivity index (χ3n) is 8.68. The van der Waals surface area contributed by atoms with E-state index < -0.39 is 0 Å². The molecular weight excluding hydrogens is 334 g/mol. The number of hydrogen-bond donors (Lipinski definition) is 2. The zero-order valence-corrected chi connectivity index (χ0v) is 18.0. The van der Waals surface area contributed by atoms with Crippen LogP contribution in [0.25, 0.3) is 0 Å². The summed E-state index contributed by atoms with van der Waals surface area (Å²) >= 11 is 0. The molecule has 7 atom stereocenters. The lowest BCUT2D eigenvalue weighted by atomic mass is 9.49. The van der Waals surface area contributed by atoms with Crippen molar-refractivity contribution >= 4 is 0 Å². The van der Waals surface area contributed by atoms with Crippen LogP contribution in [0.5, 0.6) is 0 Å². The van der Waals surface area contributed by atoms with Crippen LogP contribution in [0.3, 0.4) is 0 Å². The van der Waals surface area contributed by atoms with Crippen molar-refractivity contribution in [1.82, 2.24) is 4.90 Å². The van der Waals surface area contributed by atoms with Gasteiger partial charge >= 0.3 is 0 Å². The number of aliphatic hydroxyl groups excluding tert-OH is 2. The number of likely N-dealkylation sites (N-methyl/N-ethyl adjacent to an activating group) is 1. The molecule has 0 spiro atoms. The van der Waals surface area contributed by atoms with Gasteiger partial charge in [-0.15, -0.1) is 0 Å². The average Bonchev–Trinajstić information content (AvgIpc) is 2.92. The number of hydrogen-bond acceptors (Lipinski definition) is 3. The Morgan fingerprint density at radius 1 is 1.15 bits per heavy atom. The fourth-order valence-corrected chi connectivity index (χ4v) is 6.81. The quantitative estimate of drug-likeness (QED) is 0.706. The molecule has 3 fully saturated rings. The highest BCUT2D eigenvalue weighted by Gasteiger charge is 2.56. The first-order valence-corrected chi connectivity index (χ1v) is 11.0. The molecule has 3 rings (SSSR count). The molecule has 3 nitrogen and oxygen atoms in total. The Balaban J connectivity index is 1.86. The van der Waals surface area contributed by atoms with E-state index in [0.29, 0.717) is 30.3 Å². The van der Waals surface area contributed by atoms with Gasteiger partial charge in [0.1, 0.15) is 0 Å². The van der Waals surface area contributed by atoms with Gasteiger partial charge in [0, 0.05) is 13.2 Å². The minimum Gasteiger partial charge on any atom is -0.396 e. The van der Waals surface area contributed by atoms with E-state index in [1.807, 2.05) is 0 Å². The average molecular weight is 376 g/mol. The van der Waals surface area contributed by atoms with E-state index in [1.165, 1.54) is 24.8 Å². The maximum Gasteiger partial charge on any atom is 0.0546 e. The zero-order chi connectivity index (χ0) is 19.8. The van der Waals surface area contributed by atoms with Gasteiger partial charge in [0.25, 0.3) is 0 Å². The summed E-state index contributed by atoms with van der Waals surface area (Å²) < 4.78 is 0. The van der Waals surface area contributed by atoms with Crippen molar-refractivity contribution in [2.45, 2.75) is 64.9 Å². The molecular formula is C24H41NO2.